The Balaban J connectivity index is 2.26. The van der Waals surface area contributed by atoms with Gasteiger partial charge < -0.3 is 11.1 Å². The molecule has 104 valence electrons. The van der Waals surface area contributed by atoms with Gasteiger partial charge in [0, 0.05) is 19.5 Å². The second-order valence-corrected chi connectivity index (χ2v) is 4.78. The molecular weight excluding hydrogens is 240 g/mol. The van der Waals surface area contributed by atoms with Crippen LogP contribution in [-0.2, 0) is 11.3 Å². The first-order valence-electron chi connectivity index (χ1n) is 6.42. The Kier molecular flexibility index (Phi) is 6.02. The van der Waals surface area contributed by atoms with Gasteiger partial charge in [0.05, 0.1) is 0 Å². The number of benzene rings is 1. The van der Waals surface area contributed by atoms with E-state index in [2.05, 4.69) is 48.7 Å². The number of rotatable bonds is 6. The van der Waals surface area contributed by atoms with E-state index in [9.17, 15) is 4.79 Å². The summed E-state index contributed by atoms with van der Waals surface area (Å²) in [7, 11) is 0. The van der Waals surface area contributed by atoms with Crippen molar-refractivity contribution in [3.63, 3.8) is 0 Å². The van der Waals surface area contributed by atoms with Crippen LogP contribution in [0.2, 0.25) is 0 Å². The van der Waals surface area contributed by atoms with Gasteiger partial charge in [0.25, 0.3) is 0 Å². The number of nitrogens with two attached hydrogens (primary N) is 1. The van der Waals surface area contributed by atoms with Crippen LogP contribution in [0.25, 0.3) is 0 Å². The summed E-state index contributed by atoms with van der Waals surface area (Å²) in [6, 6.07) is 8.45. The zero-order valence-corrected chi connectivity index (χ0v) is 11.5. The van der Waals surface area contributed by atoms with Crippen LogP contribution in [0.4, 0.5) is 0 Å². The third-order valence-corrected chi connectivity index (χ3v) is 2.78. The van der Waals surface area contributed by atoms with Crippen molar-refractivity contribution in [1.29, 1.82) is 5.41 Å². The molecule has 0 heterocycles. The smallest absolute Gasteiger partial charge is 0.227 e. The summed E-state index contributed by atoms with van der Waals surface area (Å²) in [5.41, 5.74) is 7.57. The van der Waals surface area contributed by atoms with E-state index in [4.69, 9.17) is 11.1 Å². The Bertz CT molecular complexity index is 426. The second-order valence-electron chi connectivity index (χ2n) is 4.78. The molecule has 0 aromatic heterocycles. The number of carbonyl (C=O) groups is 1. The Morgan fingerprint density at radius 3 is 2.47 bits per heavy atom. The van der Waals surface area contributed by atoms with Gasteiger partial charge in [-0.15, -0.1) is 0 Å². The molecule has 0 fully saturated rings. The number of hydrogen-bond acceptors (Lipinski definition) is 3. The minimum atomic E-state index is -0.311. The van der Waals surface area contributed by atoms with Crippen molar-refractivity contribution in [3.8, 4) is 0 Å². The van der Waals surface area contributed by atoms with Crippen molar-refractivity contribution in [1.82, 2.24) is 10.6 Å². The lowest BCUT2D eigenvalue weighted by Gasteiger charge is -2.08. The highest BCUT2D eigenvalue weighted by molar-refractivity contribution is 5.94. The fourth-order valence-corrected chi connectivity index (χ4v) is 1.67. The summed E-state index contributed by atoms with van der Waals surface area (Å²) in [6.45, 7) is 5.62. The van der Waals surface area contributed by atoms with Gasteiger partial charge in [0.15, 0.2) is 5.96 Å². The molecule has 0 aliphatic heterocycles. The van der Waals surface area contributed by atoms with E-state index in [0.29, 0.717) is 18.9 Å². The summed E-state index contributed by atoms with van der Waals surface area (Å²) >= 11 is 0. The largest absolute Gasteiger partial charge is 0.370 e. The van der Waals surface area contributed by atoms with Gasteiger partial charge in [0.2, 0.25) is 5.91 Å². The quantitative estimate of drug-likeness (QED) is 0.354. The molecule has 19 heavy (non-hydrogen) atoms. The zero-order valence-electron chi connectivity index (χ0n) is 11.5. The lowest BCUT2D eigenvalue weighted by molar-refractivity contribution is -0.119. The van der Waals surface area contributed by atoms with Crippen molar-refractivity contribution >= 4 is 11.9 Å². The molecule has 0 saturated heterocycles. The van der Waals surface area contributed by atoms with Crippen molar-refractivity contribution in [3.05, 3.63) is 35.4 Å². The maximum atomic E-state index is 11.2. The lowest BCUT2D eigenvalue weighted by atomic mass is 10.0. The van der Waals surface area contributed by atoms with Crippen LogP contribution in [0.15, 0.2) is 24.3 Å². The molecule has 1 aromatic rings. The lowest BCUT2D eigenvalue weighted by Crippen LogP contribution is -2.37. The average Bonchev–Trinajstić information content (AvgIpc) is 2.34. The van der Waals surface area contributed by atoms with E-state index >= 15 is 0 Å². The normalized spacial score (nSPS) is 10.5. The molecule has 1 amide bonds. The first-order chi connectivity index (χ1) is 8.99. The van der Waals surface area contributed by atoms with Crippen LogP contribution in [-0.4, -0.2) is 18.4 Å². The van der Waals surface area contributed by atoms with Crippen molar-refractivity contribution in [2.75, 3.05) is 6.54 Å². The first-order valence-corrected chi connectivity index (χ1v) is 6.42. The van der Waals surface area contributed by atoms with Crippen LogP contribution in [0.1, 0.15) is 37.3 Å². The van der Waals surface area contributed by atoms with Crippen LogP contribution in [0.3, 0.4) is 0 Å². The summed E-state index contributed by atoms with van der Waals surface area (Å²) in [5.74, 6) is -0.0123. The number of guanidine groups is 1. The van der Waals surface area contributed by atoms with Gasteiger partial charge >= 0.3 is 0 Å². The number of nitrogens with one attached hydrogen (secondary N) is 3. The maximum absolute atomic E-state index is 11.2. The molecule has 5 N–H and O–H groups in total. The third-order valence-electron chi connectivity index (χ3n) is 2.78. The predicted octanol–water partition coefficient (Wildman–Crippen LogP) is 1.30. The zero-order chi connectivity index (χ0) is 14.3. The fourth-order valence-electron chi connectivity index (χ4n) is 1.67. The molecule has 0 radical (unpaired) electrons. The molecule has 0 saturated carbocycles. The van der Waals surface area contributed by atoms with Crippen molar-refractivity contribution in [2.24, 2.45) is 5.73 Å². The number of amides is 1. The van der Waals surface area contributed by atoms with Crippen LogP contribution >= 0.6 is 0 Å². The first kappa shape index (κ1) is 15.2. The standard InChI is InChI=1S/C14H22N4O/c1-10(2)12-5-3-11(4-6-12)9-17-8-7-13(19)18-14(15)16/h3-6,10,17H,7-9H2,1-2H3,(H4,15,16,18,19). The van der Waals surface area contributed by atoms with E-state index in [1.807, 2.05) is 0 Å². The highest BCUT2D eigenvalue weighted by Gasteiger charge is 2.02. The topological polar surface area (TPSA) is 91.0 Å². The summed E-state index contributed by atoms with van der Waals surface area (Å²) in [4.78, 5) is 11.2. The van der Waals surface area contributed by atoms with Gasteiger partial charge in [-0.2, -0.15) is 0 Å². The van der Waals surface area contributed by atoms with Crippen molar-refractivity contribution < 1.29 is 4.79 Å². The van der Waals surface area contributed by atoms with Gasteiger partial charge in [-0.25, -0.2) is 0 Å². The summed E-state index contributed by atoms with van der Waals surface area (Å²) in [5, 5.41) is 12.3. The predicted molar refractivity (Wildman–Crippen MR) is 76.9 cm³/mol. The molecule has 0 spiro atoms. The van der Waals surface area contributed by atoms with E-state index in [0.717, 1.165) is 6.54 Å². The molecular formula is C14H22N4O. The minimum absolute atomic E-state index is 0.241. The molecule has 0 atom stereocenters. The highest BCUT2D eigenvalue weighted by atomic mass is 16.1. The van der Waals surface area contributed by atoms with E-state index < -0.39 is 0 Å². The minimum Gasteiger partial charge on any atom is -0.370 e. The average molecular weight is 262 g/mol. The third kappa shape index (κ3) is 6.01. The molecule has 0 unspecified atom stereocenters. The monoisotopic (exact) mass is 262 g/mol. The van der Waals surface area contributed by atoms with E-state index in [-0.39, 0.29) is 11.9 Å². The van der Waals surface area contributed by atoms with Gasteiger partial charge in [-0.3, -0.25) is 15.5 Å². The highest BCUT2D eigenvalue weighted by Crippen LogP contribution is 2.14. The Hall–Kier alpha value is -1.88. The second kappa shape index (κ2) is 7.53. The molecule has 0 bridgehead atoms. The maximum Gasteiger partial charge on any atom is 0.227 e. The molecule has 0 aliphatic rings. The Morgan fingerprint density at radius 1 is 1.32 bits per heavy atom. The van der Waals surface area contributed by atoms with Gasteiger partial charge in [0.1, 0.15) is 0 Å². The van der Waals surface area contributed by atoms with E-state index in [1.165, 1.54) is 11.1 Å². The van der Waals surface area contributed by atoms with Crippen LogP contribution < -0.4 is 16.4 Å². The summed E-state index contributed by atoms with van der Waals surface area (Å²) in [6.07, 6.45) is 0.309. The van der Waals surface area contributed by atoms with E-state index in [1.54, 1.807) is 0 Å². The summed E-state index contributed by atoms with van der Waals surface area (Å²) < 4.78 is 0. The van der Waals surface area contributed by atoms with Crippen molar-refractivity contribution in [2.45, 2.75) is 32.7 Å². The molecule has 1 rings (SSSR count). The van der Waals surface area contributed by atoms with Crippen LogP contribution in [0, 0.1) is 5.41 Å². The Morgan fingerprint density at radius 2 is 1.95 bits per heavy atom. The molecule has 0 aliphatic carbocycles. The Labute approximate surface area is 114 Å². The van der Waals surface area contributed by atoms with Gasteiger partial charge in [-0.1, -0.05) is 38.1 Å². The molecule has 5 heteroatoms. The number of carbonyl (C=O) groups excluding carboxylic acids is 1. The molecule has 5 nitrogen and oxygen atoms in total. The number of hydrogen-bond donors (Lipinski definition) is 4. The van der Waals surface area contributed by atoms with Crippen LogP contribution in [0.5, 0.6) is 0 Å². The fraction of sp³-hybridized carbons (Fsp3) is 0.429. The SMILES string of the molecule is CC(C)c1ccc(CNCCC(=O)NC(=N)N)cc1. The van der Waals surface area contributed by atoms with Gasteiger partial charge in [-0.05, 0) is 17.0 Å². The molecule has 1 aromatic carbocycles.